The van der Waals surface area contributed by atoms with Crippen molar-refractivity contribution in [3.8, 4) is 11.5 Å². The molecule has 0 unspecified atom stereocenters. The van der Waals surface area contributed by atoms with Crippen LogP contribution < -0.4 is 19.7 Å². The van der Waals surface area contributed by atoms with E-state index in [1.54, 1.807) is 46.2 Å². The van der Waals surface area contributed by atoms with Crippen LogP contribution in [-0.4, -0.2) is 71.4 Å². The summed E-state index contributed by atoms with van der Waals surface area (Å²) in [7, 11) is 0. The molecule has 0 bridgehead atoms. The van der Waals surface area contributed by atoms with Gasteiger partial charge < -0.3 is 24.6 Å². The molecule has 4 amide bonds. The third-order valence-corrected chi connectivity index (χ3v) is 9.27. The normalized spacial score (nSPS) is 13.8. The zero-order chi connectivity index (χ0) is 36.6. The molecule has 3 heterocycles. The van der Waals surface area contributed by atoms with E-state index in [1.807, 2.05) is 48.5 Å². The van der Waals surface area contributed by atoms with Crippen LogP contribution in [0.2, 0.25) is 10.0 Å². The number of amides is 4. The summed E-state index contributed by atoms with van der Waals surface area (Å²) in [5.74, 6) is 1.12. The highest BCUT2D eigenvalue weighted by molar-refractivity contribution is 6.42. The lowest BCUT2D eigenvalue weighted by molar-refractivity contribution is -0.137. The van der Waals surface area contributed by atoms with Crippen LogP contribution in [0.1, 0.15) is 34.8 Å². The van der Waals surface area contributed by atoms with Gasteiger partial charge in [0.1, 0.15) is 5.82 Å². The minimum Gasteiger partial charge on any atom is -0.454 e. The fourth-order valence-electron chi connectivity index (χ4n) is 5.73. The molecule has 6 rings (SSSR count). The van der Waals surface area contributed by atoms with Crippen LogP contribution in [0.3, 0.4) is 0 Å². The lowest BCUT2D eigenvalue weighted by Crippen LogP contribution is -2.50. The molecule has 13 heteroatoms. The number of hydrogen-bond acceptors (Lipinski definition) is 7. The summed E-state index contributed by atoms with van der Waals surface area (Å²) < 4.78 is 10.7. The first-order valence-electron chi connectivity index (χ1n) is 16.6. The van der Waals surface area contributed by atoms with Crippen molar-refractivity contribution in [3.63, 3.8) is 0 Å². The smallest absolute Gasteiger partial charge is 0.255 e. The van der Waals surface area contributed by atoms with Crippen LogP contribution in [0.5, 0.6) is 11.5 Å². The van der Waals surface area contributed by atoms with Gasteiger partial charge in [0.05, 0.1) is 27.6 Å². The van der Waals surface area contributed by atoms with Crippen LogP contribution >= 0.6 is 23.2 Å². The summed E-state index contributed by atoms with van der Waals surface area (Å²) in [6.07, 6.45) is 9.25. The molecule has 0 aliphatic carbocycles. The highest BCUT2D eigenvalue weighted by atomic mass is 35.5. The monoisotopic (exact) mass is 739 g/mol. The molecule has 2 aliphatic rings. The van der Waals surface area contributed by atoms with E-state index in [9.17, 15) is 19.2 Å². The maximum Gasteiger partial charge on any atom is 0.255 e. The number of hydrogen-bond donors (Lipinski definition) is 1. The van der Waals surface area contributed by atoms with E-state index in [0.717, 1.165) is 16.9 Å². The SMILES string of the molecule is CC(=O)N(c1ccc(CCC(=O)N2CCN(C(=O)C=CC=Cc3ccc4c(c3)OCO4)CC2)cc1)c1ccc(NC(=O)c2ccc(Cl)c(Cl)c2)cn1. The number of allylic oxidation sites excluding steroid dienone is 2. The third-order valence-electron chi connectivity index (χ3n) is 8.53. The molecule has 1 aromatic heterocycles. The number of carbonyl (C=O) groups excluding carboxylic acids is 4. The molecule has 52 heavy (non-hydrogen) atoms. The Morgan fingerprint density at radius 1 is 0.846 bits per heavy atom. The molecular weight excluding hydrogens is 705 g/mol. The van der Waals surface area contributed by atoms with Crippen molar-refractivity contribution >= 4 is 70.1 Å². The molecule has 0 radical (unpaired) electrons. The number of fused-ring (bicyclic) bond motifs is 1. The van der Waals surface area contributed by atoms with Crippen LogP contribution in [0.4, 0.5) is 17.2 Å². The number of aromatic nitrogens is 1. The lowest BCUT2D eigenvalue weighted by Gasteiger charge is -2.34. The Balaban J connectivity index is 0.955. The summed E-state index contributed by atoms with van der Waals surface area (Å²) in [6.45, 7) is 3.55. The second kappa shape index (κ2) is 16.6. The van der Waals surface area contributed by atoms with E-state index < -0.39 is 0 Å². The van der Waals surface area contributed by atoms with Gasteiger partial charge >= 0.3 is 0 Å². The molecule has 3 aromatic carbocycles. The number of pyridine rings is 1. The van der Waals surface area contributed by atoms with Gasteiger partial charge in [0, 0.05) is 51.2 Å². The fourth-order valence-corrected chi connectivity index (χ4v) is 6.03. The molecule has 11 nitrogen and oxygen atoms in total. The van der Waals surface area contributed by atoms with Crippen LogP contribution in [-0.2, 0) is 20.8 Å². The van der Waals surface area contributed by atoms with Crippen molar-refractivity contribution in [2.45, 2.75) is 19.8 Å². The van der Waals surface area contributed by atoms with Gasteiger partial charge in [0.25, 0.3) is 5.91 Å². The topological polar surface area (TPSA) is 121 Å². The maximum absolute atomic E-state index is 13.0. The van der Waals surface area contributed by atoms with Crippen molar-refractivity contribution in [2.24, 2.45) is 0 Å². The average molecular weight is 741 g/mol. The Morgan fingerprint density at radius 2 is 1.60 bits per heavy atom. The first-order chi connectivity index (χ1) is 25.1. The lowest BCUT2D eigenvalue weighted by atomic mass is 10.1. The number of carbonyl (C=O) groups is 4. The molecular formula is C39H35Cl2N5O6. The largest absolute Gasteiger partial charge is 0.454 e. The van der Waals surface area contributed by atoms with Crippen LogP contribution in [0.15, 0.2) is 97.2 Å². The minimum atomic E-state index is -0.380. The first-order valence-corrected chi connectivity index (χ1v) is 17.3. The Hall–Kier alpha value is -5.65. The van der Waals surface area contributed by atoms with E-state index in [-0.39, 0.29) is 35.4 Å². The Labute approximate surface area is 311 Å². The average Bonchev–Trinajstić information content (AvgIpc) is 3.63. The summed E-state index contributed by atoms with van der Waals surface area (Å²) in [5.41, 5.74) is 3.28. The number of ether oxygens (including phenoxy) is 2. The Morgan fingerprint density at radius 3 is 2.31 bits per heavy atom. The molecule has 4 aromatic rings. The number of piperazine rings is 1. The molecule has 2 aliphatic heterocycles. The summed E-state index contributed by atoms with van der Waals surface area (Å²) in [4.78, 5) is 60.4. The highest BCUT2D eigenvalue weighted by Gasteiger charge is 2.23. The van der Waals surface area contributed by atoms with Crippen molar-refractivity contribution in [1.82, 2.24) is 14.8 Å². The molecule has 266 valence electrons. The van der Waals surface area contributed by atoms with Gasteiger partial charge in [-0.1, -0.05) is 59.6 Å². The zero-order valence-electron chi connectivity index (χ0n) is 28.3. The van der Waals surface area contributed by atoms with E-state index in [0.29, 0.717) is 72.5 Å². The van der Waals surface area contributed by atoms with Gasteiger partial charge in [-0.15, -0.1) is 0 Å². The van der Waals surface area contributed by atoms with Gasteiger partial charge in [0.15, 0.2) is 11.5 Å². The van der Waals surface area contributed by atoms with E-state index in [1.165, 1.54) is 30.2 Å². The second-order valence-electron chi connectivity index (χ2n) is 12.0. The predicted molar refractivity (Wildman–Crippen MR) is 200 cm³/mol. The molecule has 1 saturated heterocycles. The summed E-state index contributed by atoms with van der Waals surface area (Å²) >= 11 is 12.0. The van der Waals surface area contributed by atoms with Crippen molar-refractivity contribution in [2.75, 3.05) is 43.2 Å². The number of aryl methyl sites for hydroxylation is 1. The minimum absolute atomic E-state index is 0.0271. The summed E-state index contributed by atoms with van der Waals surface area (Å²) in [6, 6.07) is 20.9. The Bertz CT molecular complexity index is 2030. The zero-order valence-corrected chi connectivity index (χ0v) is 29.8. The van der Waals surface area contributed by atoms with Gasteiger partial charge in [-0.05, 0) is 72.1 Å². The van der Waals surface area contributed by atoms with Gasteiger partial charge in [-0.3, -0.25) is 24.1 Å². The number of rotatable bonds is 10. The third kappa shape index (κ3) is 8.98. The van der Waals surface area contributed by atoms with Crippen molar-refractivity contribution in [3.05, 3.63) is 124 Å². The van der Waals surface area contributed by atoms with Gasteiger partial charge in [0.2, 0.25) is 24.5 Å². The second-order valence-corrected chi connectivity index (χ2v) is 12.9. The van der Waals surface area contributed by atoms with E-state index in [4.69, 9.17) is 32.7 Å². The van der Waals surface area contributed by atoms with Crippen molar-refractivity contribution in [1.29, 1.82) is 0 Å². The molecule has 0 atom stereocenters. The van der Waals surface area contributed by atoms with Crippen LogP contribution in [0.25, 0.3) is 6.08 Å². The van der Waals surface area contributed by atoms with Gasteiger partial charge in [-0.25, -0.2) is 4.98 Å². The molecule has 1 N–H and O–H groups in total. The van der Waals surface area contributed by atoms with E-state index in [2.05, 4.69) is 10.3 Å². The quantitative estimate of drug-likeness (QED) is 0.138. The van der Waals surface area contributed by atoms with Gasteiger partial charge in [-0.2, -0.15) is 0 Å². The van der Waals surface area contributed by atoms with Crippen molar-refractivity contribution < 1.29 is 28.7 Å². The van der Waals surface area contributed by atoms with E-state index >= 15 is 0 Å². The first kappa shape index (κ1) is 36.2. The molecule has 1 fully saturated rings. The number of nitrogens with one attached hydrogen (secondary N) is 1. The van der Waals surface area contributed by atoms with Crippen LogP contribution in [0, 0.1) is 0 Å². The predicted octanol–water partition coefficient (Wildman–Crippen LogP) is 6.93. The molecule has 0 saturated carbocycles. The number of halogens is 2. The standard InChI is InChI=1S/C39H35Cl2N5O6/c1-26(47)46(36-16-11-30(24-42-36)43-39(50)29-10-14-32(40)33(41)23-29)31-12-6-27(7-13-31)9-17-38(49)45-20-18-44(19-21-45)37(48)5-3-2-4-28-8-15-34-35(22-28)52-25-51-34/h2-8,10-16,22-24H,9,17-21,25H2,1H3,(H,43,50). The highest BCUT2D eigenvalue weighted by Crippen LogP contribution is 2.33. The maximum atomic E-state index is 13.0. The fraction of sp³-hybridized carbons (Fsp3) is 0.205. The number of anilines is 3. The molecule has 0 spiro atoms. The number of benzene rings is 3. The summed E-state index contributed by atoms with van der Waals surface area (Å²) in [5, 5.41) is 3.38. The Kier molecular flexibility index (Phi) is 11.5. The number of nitrogens with zero attached hydrogens (tertiary/aromatic N) is 4.